The van der Waals surface area contributed by atoms with Gasteiger partial charge in [-0.05, 0) is 24.7 Å². The minimum atomic E-state index is 0.505. The standard InChI is InChI=1S/C10H21N3/c1-4-11-12-13-8-5-6-10(2,3)7-9-13/h4,11-12H,1,5-9H2,2-3H3. The zero-order valence-corrected chi connectivity index (χ0v) is 8.77. The van der Waals surface area contributed by atoms with Crippen LogP contribution in [0.1, 0.15) is 33.1 Å². The van der Waals surface area contributed by atoms with Crippen molar-refractivity contribution >= 4 is 0 Å². The lowest BCUT2D eigenvalue weighted by molar-refractivity contribution is 0.166. The van der Waals surface area contributed by atoms with Crippen LogP contribution < -0.4 is 11.0 Å². The minimum absolute atomic E-state index is 0.505. The molecule has 3 heteroatoms. The van der Waals surface area contributed by atoms with Crippen LogP contribution in [0.15, 0.2) is 12.8 Å². The SMILES string of the molecule is C=CNNN1CCCC(C)(C)CC1. The van der Waals surface area contributed by atoms with Crippen molar-refractivity contribution in [2.75, 3.05) is 13.1 Å². The number of nitrogens with one attached hydrogen (secondary N) is 2. The van der Waals surface area contributed by atoms with Gasteiger partial charge in [-0.3, -0.25) is 0 Å². The second-order valence-electron chi connectivity index (χ2n) is 4.47. The van der Waals surface area contributed by atoms with Crippen molar-refractivity contribution in [3.05, 3.63) is 12.8 Å². The molecule has 0 aromatic rings. The topological polar surface area (TPSA) is 27.3 Å². The summed E-state index contributed by atoms with van der Waals surface area (Å²) in [5, 5.41) is 2.22. The van der Waals surface area contributed by atoms with Crippen molar-refractivity contribution in [3.63, 3.8) is 0 Å². The van der Waals surface area contributed by atoms with Crippen LogP contribution in [0.4, 0.5) is 0 Å². The molecule has 2 N–H and O–H groups in total. The average molecular weight is 183 g/mol. The van der Waals surface area contributed by atoms with Gasteiger partial charge in [-0.25, -0.2) is 5.01 Å². The Labute approximate surface area is 81.1 Å². The zero-order valence-electron chi connectivity index (χ0n) is 8.77. The summed E-state index contributed by atoms with van der Waals surface area (Å²) in [6, 6.07) is 0. The molecule has 0 aliphatic carbocycles. The van der Waals surface area contributed by atoms with E-state index in [9.17, 15) is 0 Å². The van der Waals surface area contributed by atoms with Gasteiger partial charge in [0.25, 0.3) is 0 Å². The van der Waals surface area contributed by atoms with Crippen molar-refractivity contribution in [1.82, 2.24) is 16.0 Å². The van der Waals surface area contributed by atoms with Gasteiger partial charge in [0.2, 0.25) is 0 Å². The summed E-state index contributed by atoms with van der Waals surface area (Å²) in [6.45, 7) is 10.5. The second-order valence-corrected chi connectivity index (χ2v) is 4.47. The number of hydrogen-bond donors (Lipinski definition) is 2. The highest BCUT2D eigenvalue weighted by atomic mass is 15.7. The summed E-state index contributed by atoms with van der Waals surface area (Å²) in [4.78, 5) is 0. The summed E-state index contributed by atoms with van der Waals surface area (Å²) in [7, 11) is 0. The van der Waals surface area contributed by atoms with Crippen LogP contribution in [0.3, 0.4) is 0 Å². The summed E-state index contributed by atoms with van der Waals surface area (Å²) in [5.41, 5.74) is 6.53. The van der Waals surface area contributed by atoms with E-state index in [4.69, 9.17) is 0 Å². The van der Waals surface area contributed by atoms with Gasteiger partial charge in [-0.15, -0.1) is 0 Å². The molecule has 1 aliphatic rings. The molecule has 0 saturated carbocycles. The van der Waals surface area contributed by atoms with Gasteiger partial charge in [0.05, 0.1) is 0 Å². The molecule has 0 aromatic heterocycles. The maximum atomic E-state index is 3.60. The Kier molecular flexibility index (Phi) is 3.75. The number of hydrazine groups is 2. The van der Waals surface area contributed by atoms with Crippen molar-refractivity contribution in [3.8, 4) is 0 Å². The maximum Gasteiger partial charge on any atom is 0.0153 e. The largest absolute Gasteiger partial charge is 0.316 e. The molecule has 1 rings (SSSR count). The number of hydrogen-bond acceptors (Lipinski definition) is 3. The molecular formula is C10H21N3. The normalized spacial score (nSPS) is 23.5. The fourth-order valence-electron chi connectivity index (χ4n) is 1.67. The summed E-state index contributed by atoms with van der Waals surface area (Å²) in [5.74, 6) is 0. The lowest BCUT2D eigenvalue weighted by atomic mass is 9.85. The third-order valence-corrected chi connectivity index (χ3v) is 2.66. The Balaban J connectivity index is 2.31. The average Bonchev–Trinajstić information content (AvgIpc) is 2.23. The van der Waals surface area contributed by atoms with Gasteiger partial charge in [0.1, 0.15) is 0 Å². The highest BCUT2D eigenvalue weighted by Crippen LogP contribution is 2.28. The zero-order chi connectivity index (χ0) is 9.73. The summed E-state index contributed by atoms with van der Waals surface area (Å²) >= 11 is 0. The van der Waals surface area contributed by atoms with E-state index < -0.39 is 0 Å². The van der Waals surface area contributed by atoms with Gasteiger partial charge in [-0.2, -0.15) is 5.53 Å². The fraction of sp³-hybridized carbons (Fsp3) is 0.800. The first kappa shape index (κ1) is 10.5. The molecule has 1 heterocycles. The first-order valence-corrected chi connectivity index (χ1v) is 5.01. The molecule has 0 atom stereocenters. The summed E-state index contributed by atoms with van der Waals surface area (Å²) in [6.07, 6.45) is 5.49. The van der Waals surface area contributed by atoms with E-state index in [0.29, 0.717) is 5.41 Å². The molecule has 13 heavy (non-hydrogen) atoms. The molecule has 1 aliphatic heterocycles. The first-order chi connectivity index (χ1) is 6.14. The van der Waals surface area contributed by atoms with Crippen molar-refractivity contribution in [2.24, 2.45) is 5.41 Å². The lowest BCUT2D eigenvalue weighted by Crippen LogP contribution is -2.45. The molecule has 76 valence electrons. The molecule has 0 amide bonds. The highest BCUT2D eigenvalue weighted by molar-refractivity contribution is 4.74. The first-order valence-electron chi connectivity index (χ1n) is 5.01. The molecule has 0 spiro atoms. The van der Waals surface area contributed by atoms with E-state index in [2.05, 4.69) is 36.4 Å². The molecule has 0 bridgehead atoms. The van der Waals surface area contributed by atoms with Crippen LogP contribution in [0, 0.1) is 5.41 Å². The molecule has 0 unspecified atom stereocenters. The molecule has 1 fully saturated rings. The maximum absolute atomic E-state index is 3.60. The number of nitrogens with zero attached hydrogens (tertiary/aromatic N) is 1. The van der Waals surface area contributed by atoms with Gasteiger partial charge in [0, 0.05) is 19.3 Å². The van der Waals surface area contributed by atoms with Gasteiger partial charge in [0.15, 0.2) is 0 Å². The van der Waals surface area contributed by atoms with Crippen LogP contribution in [-0.4, -0.2) is 18.1 Å². The predicted octanol–water partition coefficient (Wildman–Crippen LogP) is 1.65. The molecule has 3 nitrogen and oxygen atoms in total. The smallest absolute Gasteiger partial charge is 0.0153 e. The third-order valence-electron chi connectivity index (χ3n) is 2.66. The Morgan fingerprint density at radius 3 is 2.77 bits per heavy atom. The van der Waals surface area contributed by atoms with E-state index in [1.165, 1.54) is 19.3 Å². The van der Waals surface area contributed by atoms with Gasteiger partial charge < -0.3 is 5.43 Å². The molecule has 1 saturated heterocycles. The second kappa shape index (κ2) is 4.63. The van der Waals surface area contributed by atoms with Crippen LogP contribution in [0.2, 0.25) is 0 Å². The fourth-order valence-corrected chi connectivity index (χ4v) is 1.67. The molecular weight excluding hydrogens is 162 g/mol. The Morgan fingerprint density at radius 2 is 2.08 bits per heavy atom. The van der Waals surface area contributed by atoms with E-state index in [0.717, 1.165) is 13.1 Å². The van der Waals surface area contributed by atoms with Gasteiger partial charge >= 0.3 is 0 Å². The third kappa shape index (κ3) is 3.79. The Bertz CT molecular complexity index is 166. The molecule has 0 radical (unpaired) electrons. The highest BCUT2D eigenvalue weighted by Gasteiger charge is 2.22. The van der Waals surface area contributed by atoms with Crippen molar-refractivity contribution < 1.29 is 0 Å². The van der Waals surface area contributed by atoms with E-state index >= 15 is 0 Å². The van der Waals surface area contributed by atoms with Crippen LogP contribution >= 0.6 is 0 Å². The minimum Gasteiger partial charge on any atom is -0.316 e. The van der Waals surface area contributed by atoms with Crippen LogP contribution in [-0.2, 0) is 0 Å². The Morgan fingerprint density at radius 1 is 1.31 bits per heavy atom. The monoisotopic (exact) mass is 183 g/mol. The Hall–Kier alpha value is -0.540. The molecule has 0 aromatic carbocycles. The van der Waals surface area contributed by atoms with Crippen molar-refractivity contribution in [1.29, 1.82) is 0 Å². The van der Waals surface area contributed by atoms with E-state index in [1.54, 1.807) is 6.20 Å². The van der Waals surface area contributed by atoms with Crippen LogP contribution in [0.5, 0.6) is 0 Å². The van der Waals surface area contributed by atoms with Gasteiger partial charge in [-0.1, -0.05) is 20.4 Å². The van der Waals surface area contributed by atoms with Crippen molar-refractivity contribution in [2.45, 2.75) is 33.1 Å². The quantitative estimate of drug-likeness (QED) is 0.651. The number of rotatable bonds is 3. The van der Waals surface area contributed by atoms with E-state index in [-0.39, 0.29) is 0 Å². The summed E-state index contributed by atoms with van der Waals surface area (Å²) < 4.78 is 0. The van der Waals surface area contributed by atoms with E-state index in [1.807, 2.05) is 0 Å². The lowest BCUT2D eigenvalue weighted by Gasteiger charge is -2.23. The predicted molar refractivity (Wildman–Crippen MR) is 55.7 cm³/mol. The van der Waals surface area contributed by atoms with Crippen LogP contribution in [0.25, 0.3) is 0 Å².